The highest BCUT2D eigenvalue weighted by Gasteiger charge is 2.16. The van der Waals surface area contributed by atoms with Gasteiger partial charge in [0.15, 0.2) is 0 Å². The fourth-order valence-electron chi connectivity index (χ4n) is 2.43. The Balaban J connectivity index is 2.69. The number of benzene rings is 1. The van der Waals surface area contributed by atoms with Crippen molar-refractivity contribution in [2.24, 2.45) is 11.1 Å². The second-order valence-corrected chi connectivity index (χ2v) is 6.97. The van der Waals surface area contributed by atoms with Crippen molar-refractivity contribution in [2.45, 2.75) is 40.8 Å². The number of hydrogen-bond acceptors (Lipinski definition) is 1. The van der Waals surface area contributed by atoms with E-state index in [0.717, 1.165) is 11.0 Å². The van der Waals surface area contributed by atoms with E-state index < -0.39 is 0 Å². The number of rotatable bonds is 2. The lowest BCUT2D eigenvalue weighted by molar-refractivity contribution is 0.349. The molecule has 98 valence electrons. The maximum absolute atomic E-state index is 5.86. The van der Waals surface area contributed by atoms with E-state index in [1.165, 1.54) is 22.0 Å². The lowest BCUT2D eigenvalue weighted by atomic mass is 9.97. The Morgan fingerprint density at radius 2 is 1.94 bits per heavy atom. The number of halogens is 1. The van der Waals surface area contributed by atoms with Crippen molar-refractivity contribution >= 4 is 26.8 Å². The molecule has 0 aliphatic carbocycles. The third kappa shape index (κ3) is 2.47. The Hall–Kier alpha value is -0.800. The van der Waals surface area contributed by atoms with Crippen LogP contribution in [0.3, 0.4) is 0 Å². The van der Waals surface area contributed by atoms with Gasteiger partial charge in [0.1, 0.15) is 0 Å². The number of aryl methyl sites for hydroxylation is 1. The molecule has 2 N–H and O–H groups in total. The Kier molecular flexibility index (Phi) is 3.56. The van der Waals surface area contributed by atoms with Crippen molar-refractivity contribution in [3.05, 3.63) is 33.9 Å². The summed E-state index contributed by atoms with van der Waals surface area (Å²) in [6, 6.07) is 4.27. The average molecular weight is 309 g/mol. The largest absolute Gasteiger partial charge is 0.346 e. The monoisotopic (exact) mass is 308 g/mol. The van der Waals surface area contributed by atoms with Crippen molar-refractivity contribution in [1.29, 1.82) is 0 Å². The summed E-state index contributed by atoms with van der Waals surface area (Å²) in [6.45, 7) is 10.5. The first-order valence-corrected chi connectivity index (χ1v) is 7.09. The van der Waals surface area contributed by atoms with Crippen molar-refractivity contribution in [1.82, 2.24) is 4.57 Å². The average Bonchev–Trinajstić information content (AvgIpc) is 2.60. The molecule has 18 heavy (non-hydrogen) atoms. The van der Waals surface area contributed by atoms with Gasteiger partial charge in [-0.2, -0.15) is 0 Å². The van der Waals surface area contributed by atoms with Gasteiger partial charge < -0.3 is 10.3 Å². The van der Waals surface area contributed by atoms with Crippen LogP contribution < -0.4 is 5.73 Å². The maximum Gasteiger partial charge on any atom is 0.0524 e. The Bertz CT molecular complexity index is 576. The van der Waals surface area contributed by atoms with Crippen LogP contribution in [0.5, 0.6) is 0 Å². The number of nitrogens with two attached hydrogens (primary N) is 1. The van der Waals surface area contributed by atoms with Gasteiger partial charge >= 0.3 is 0 Å². The summed E-state index contributed by atoms with van der Waals surface area (Å²) in [6.07, 6.45) is 2.20. The minimum Gasteiger partial charge on any atom is -0.346 e. The Morgan fingerprint density at radius 1 is 1.28 bits per heavy atom. The summed E-state index contributed by atoms with van der Waals surface area (Å²) in [5.41, 5.74) is 9.93. The van der Waals surface area contributed by atoms with Crippen molar-refractivity contribution in [3.8, 4) is 0 Å². The first kappa shape index (κ1) is 13.6. The number of aromatic nitrogens is 1. The molecule has 3 heteroatoms. The minimum absolute atomic E-state index is 0.257. The van der Waals surface area contributed by atoms with Gasteiger partial charge in [0.25, 0.3) is 0 Å². The molecule has 0 spiro atoms. The summed E-state index contributed by atoms with van der Waals surface area (Å²) in [5.74, 6) is 0. The zero-order valence-corrected chi connectivity index (χ0v) is 13.1. The molecule has 1 heterocycles. The van der Waals surface area contributed by atoms with E-state index in [-0.39, 0.29) is 5.41 Å². The van der Waals surface area contributed by atoms with Crippen LogP contribution in [-0.2, 0) is 13.1 Å². The second kappa shape index (κ2) is 4.71. The summed E-state index contributed by atoms with van der Waals surface area (Å²) in [7, 11) is 0. The molecule has 2 nitrogen and oxygen atoms in total. The lowest BCUT2D eigenvalue weighted by Gasteiger charge is -2.20. The van der Waals surface area contributed by atoms with E-state index in [4.69, 9.17) is 5.73 Å². The van der Waals surface area contributed by atoms with Crippen LogP contribution in [0.25, 0.3) is 10.9 Å². The van der Waals surface area contributed by atoms with Crippen LogP contribution in [-0.4, -0.2) is 4.57 Å². The van der Waals surface area contributed by atoms with Crippen molar-refractivity contribution in [3.63, 3.8) is 0 Å². The van der Waals surface area contributed by atoms with E-state index in [1.54, 1.807) is 0 Å². The highest BCUT2D eigenvalue weighted by molar-refractivity contribution is 9.10. The highest BCUT2D eigenvalue weighted by Crippen LogP contribution is 2.31. The molecule has 0 amide bonds. The van der Waals surface area contributed by atoms with Gasteiger partial charge in [-0.1, -0.05) is 42.8 Å². The predicted molar refractivity (Wildman–Crippen MR) is 81.7 cm³/mol. The SMILES string of the molecule is Cc1c(Br)ccc2c(CN)cn(CC(C)(C)C)c12. The van der Waals surface area contributed by atoms with Crippen molar-refractivity contribution in [2.75, 3.05) is 0 Å². The minimum atomic E-state index is 0.257. The first-order valence-electron chi connectivity index (χ1n) is 6.30. The molecule has 1 aromatic carbocycles. The fraction of sp³-hybridized carbons (Fsp3) is 0.467. The molecule has 2 aromatic rings. The van der Waals surface area contributed by atoms with Crippen molar-refractivity contribution < 1.29 is 0 Å². The molecule has 0 aliphatic heterocycles. The van der Waals surface area contributed by atoms with Crippen LogP contribution >= 0.6 is 15.9 Å². The van der Waals surface area contributed by atoms with E-state index in [9.17, 15) is 0 Å². The topological polar surface area (TPSA) is 30.9 Å². The van der Waals surface area contributed by atoms with Crippen LogP contribution in [0.15, 0.2) is 22.8 Å². The quantitative estimate of drug-likeness (QED) is 0.885. The predicted octanol–water partition coefficient (Wildman–Crippen LogP) is 4.22. The summed E-state index contributed by atoms with van der Waals surface area (Å²) < 4.78 is 3.50. The van der Waals surface area contributed by atoms with E-state index in [0.29, 0.717) is 6.54 Å². The number of hydrogen-bond donors (Lipinski definition) is 1. The highest BCUT2D eigenvalue weighted by atomic mass is 79.9. The summed E-state index contributed by atoms with van der Waals surface area (Å²) >= 11 is 3.62. The van der Waals surface area contributed by atoms with Gasteiger partial charge in [-0.05, 0) is 29.5 Å². The molecule has 0 radical (unpaired) electrons. The van der Waals surface area contributed by atoms with E-state index >= 15 is 0 Å². The molecular weight excluding hydrogens is 288 g/mol. The van der Waals surface area contributed by atoms with Gasteiger partial charge in [-0.25, -0.2) is 0 Å². The summed E-state index contributed by atoms with van der Waals surface area (Å²) in [4.78, 5) is 0. The lowest BCUT2D eigenvalue weighted by Crippen LogP contribution is -2.15. The normalized spacial score (nSPS) is 12.3. The van der Waals surface area contributed by atoms with Crippen LogP contribution in [0.1, 0.15) is 31.9 Å². The molecule has 0 aliphatic rings. The zero-order chi connectivity index (χ0) is 13.5. The fourth-order valence-corrected chi connectivity index (χ4v) is 2.75. The summed E-state index contributed by atoms with van der Waals surface area (Å²) in [5, 5.41) is 1.28. The molecule has 0 bridgehead atoms. The molecule has 0 saturated heterocycles. The van der Waals surface area contributed by atoms with Gasteiger partial charge in [-0.15, -0.1) is 0 Å². The standard InChI is InChI=1S/C15H21BrN2/c1-10-13(16)6-5-12-11(7-17)8-18(14(10)12)9-15(2,3)4/h5-6,8H,7,9,17H2,1-4H3. The van der Waals surface area contributed by atoms with E-state index in [2.05, 4.69) is 66.5 Å². The molecule has 0 fully saturated rings. The Morgan fingerprint density at radius 3 is 2.50 bits per heavy atom. The Labute approximate surface area is 117 Å². The number of fused-ring (bicyclic) bond motifs is 1. The van der Waals surface area contributed by atoms with Gasteiger partial charge in [0, 0.05) is 29.1 Å². The molecule has 0 unspecified atom stereocenters. The third-order valence-corrected chi connectivity index (χ3v) is 4.03. The maximum atomic E-state index is 5.86. The van der Waals surface area contributed by atoms with Crippen LogP contribution in [0, 0.1) is 12.3 Å². The van der Waals surface area contributed by atoms with Gasteiger partial charge in [0.05, 0.1) is 5.52 Å². The molecular formula is C15H21BrN2. The second-order valence-electron chi connectivity index (χ2n) is 6.12. The van der Waals surface area contributed by atoms with Gasteiger partial charge in [-0.3, -0.25) is 0 Å². The molecule has 0 saturated carbocycles. The van der Waals surface area contributed by atoms with Crippen LogP contribution in [0.2, 0.25) is 0 Å². The smallest absolute Gasteiger partial charge is 0.0524 e. The number of nitrogens with zero attached hydrogens (tertiary/aromatic N) is 1. The van der Waals surface area contributed by atoms with E-state index in [1.807, 2.05) is 0 Å². The molecule has 2 rings (SSSR count). The zero-order valence-electron chi connectivity index (χ0n) is 11.5. The third-order valence-electron chi connectivity index (χ3n) is 3.17. The van der Waals surface area contributed by atoms with Gasteiger partial charge in [0.2, 0.25) is 0 Å². The first-order chi connectivity index (χ1) is 8.33. The van der Waals surface area contributed by atoms with Crippen LogP contribution in [0.4, 0.5) is 0 Å². The molecule has 1 aromatic heterocycles. The molecule has 0 atom stereocenters.